The first-order valence-electron chi connectivity index (χ1n) is 7.78. The first-order valence-corrected chi connectivity index (χ1v) is 8.66. The summed E-state index contributed by atoms with van der Waals surface area (Å²) in [6.07, 6.45) is -0.678. The number of halogens is 1. The predicted octanol–water partition coefficient (Wildman–Crippen LogP) is 3.22. The number of aliphatic hydroxyl groups excluding tert-OH is 1. The zero-order chi connectivity index (χ0) is 16.8. The Balaban J connectivity index is 0.00000288. The van der Waals surface area contributed by atoms with Crippen LogP contribution in [0.4, 0.5) is 0 Å². The molecule has 1 amide bonds. The Hall–Kier alpha value is -1.40. The van der Waals surface area contributed by atoms with Gasteiger partial charge in [-0.1, -0.05) is 43.3 Å². The Labute approximate surface area is 153 Å². The van der Waals surface area contributed by atoms with Crippen LogP contribution in [-0.4, -0.2) is 28.5 Å². The fourth-order valence-corrected chi connectivity index (χ4v) is 3.03. The second-order valence-corrected chi connectivity index (χ2v) is 6.86. The van der Waals surface area contributed by atoms with E-state index in [2.05, 4.69) is 0 Å². The summed E-state index contributed by atoms with van der Waals surface area (Å²) in [5.74, 6) is -0.311. The fourth-order valence-electron chi connectivity index (χ4n) is 2.33. The van der Waals surface area contributed by atoms with Crippen molar-refractivity contribution in [1.82, 2.24) is 4.90 Å². The lowest BCUT2D eigenvalue weighted by molar-refractivity contribution is -0.137. The zero-order valence-corrected chi connectivity index (χ0v) is 15.6. The van der Waals surface area contributed by atoms with Crippen LogP contribution in [0.25, 0.3) is 0 Å². The molecule has 0 bridgehead atoms. The molecular formula is C18H25ClN2O2S. The number of carbonyl (C=O) groups excluding carboxylic acids is 1. The Morgan fingerprint density at radius 1 is 1.21 bits per heavy atom. The van der Waals surface area contributed by atoms with Crippen LogP contribution in [0.3, 0.4) is 0 Å². The molecule has 3 N–H and O–H groups in total. The average Bonchev–Trinajstić information content (AvgIpc) is 3.08. The number of thiophene rings is 1. The lowest BCUT2D eigenvalue weighted by atomic mass is 10.0. The van der Waals surface area contributed by atoms with Crippen LogP contribution in [-0.2, 0) is 11.3 Å². The van der Waals surface area contributed by atoms with Crippen molar-refractivity contribution in [3.8, 4) is 0 Å². The highest BCUT2D eigenvalue weighted by atomic mass is 35.5. The quantitative estimate of drug-likeness (QED) is 0.788. The summed E-state index contributed by atoms with van der Waals surface area (Å²) in [6, 6.07) is 13.4. The van der Waals surface area contributed by atoms with E-state index in [9.17, 15) is 9.90 Å². The van der Waals surface area contributed by atoms with E-state index in [4.69, 9.17) is 5.73 Å². The molecule has 0 spiro atoms. The van der Waals surface area contributed by atoms with E-state index in [0.29, 0.717) is 6.54 Å². The van der Waals surface area contributed by atoms with E-state index in [0.717, 1.165) is 10.4 Å². The van der Waals surface area contributed by atoms with Gasteiger partial charge in [-0.25, -0.2) is 0 Å². The molecule has 1 heterocycles. The van der Waals surface area contributed by atoms with Gasteiger partial charge < -0.3 is 15.7 Å². The molecule has 0 aliphatic heterocycles. The van der Waals surface area contributed by atoms with Crippen LogP contribution in [0.15, 0.2) is 47.8 Å². The van der Waals surface area contributed by atoms with Gasteiger partial charge in [-0.15, -0.1) is 23.7 Å². The summed E-state index contributed by atoms with van der Waals surface area (Å²) in [5.41, 5.74) is 6.92. The lowest BCUT2D eigenvalue weighted by Crippen LogP contribution is -2.43. The van der Waals surface area contributed by atoms with Gasteiger partial charge in [-0.05, 0) is 23.9 Å². The summed E-state index contributed by atoms with van der Waals surface area (Å²) in [6.45, 7) is 4.41. The first-order chi connectivity index (χ1) is 11.0. The molecule has 1 aromatic heterocycles. The molecule has 4 nitrogen and oxygen atoms in total. The largest absolute Gasteiger partial charge is 0.386 e. The third kappa shape index (κ3) is 5.60. The molecule has 1 aromatic carbocycles. The fraction of sp³-hybridized carbons (Fsp3) is 0.389. The molecule has 0 saturated heterocycles. The minimum absolute atomic E-state index is 0. The summed E-state index contributed by atoms with van der Waals surface area (Å²) in [4.78, 5) is 15.3. The third-order valence-corrected chi connectivity index (χ3v) is 4.94. The van der Waals surface area contributed by atoms with Gasteiger partial charge in [0, 0.05) is 17.5 Å². The van der Waals surface area contributed by atoms with E-state index < -0.39 is 6.10 Å². The van der Waals surface area contributed by atoms with Crippen LogP contribution in [0.2, 0.25) is 0 Å². The van der Waals surface area contributed by atoms with Gasteiger partial charge >= 0.3 is 0 Å². The molecule has 3 atom stereocenters. The highest BCUT2D eigenvalue weighted by Gasteiger charge is 2.26. The highest BCUT2D eigenvalue weighted by Crippen LogP contribution is 2.22. The van der Waals surface area contributed by atoms with E-state index in [1.54, 1.807) is 4.90 Å². The molecular weight excluding hydrogens is 344 g/mol. The Morgan fingerprint density at radius 3 is 2.42 bits per heavy atom. The van der Waals surface area contributed by atoms with E-state index in [1.165, 1.54) is 11.3 Å². The zero-order valence-electron chi connectivity index (χ0n) is 14.0. The van der Waals surface area contributed by atoms with Crippen LogP contribution in [0.5, 0.6) is 0 Å². The Bertz CT molecular complexity index is 605. The highest BCUT2D eigenvalue weighted by molar-refractivity contribution is 7.10. The van der Waals surface area contributed by atoms with Crippen LogP contribution in [0, 0.1) is 5.92 Å². The number of amides is 1. The molecule has 24 heavy (non-hydrogen) atoms. The van der Waals surface area contributed by atoms with Gasteiger partial charge in [-0.2, -0.15) is 0 Å². The van der Waals surface area contributed by atoms with E-state index in [-0.39, 0.29) is 36.8 Å². The second kappa shape index (κ2) is 9.79. The van der Waals surface area contributed by atoms with Crippen molar-refractivity contribution >= 4 is 29.7 Å². The van der Waals surface area contributed by atoms with E-state index in [1.807, 2.05) is 61.7 Å². The Kier molecular flexibility index (Phi) is 8.42. The van der Waals surface area contributed by atoms with Crippen molar-refractivity contribution in [2.45, 2.75) is 32.5 Å². The van der Waals surface area contributed by atoms with Gasteiger partial charge in [0.15, 0.2) is 0 Å². The maximum Gasteiger partial charge on any atom is 0.227 e. The SMILES string of the molecule is CC(N)C(C)C(=O)N(Cc1ccccc1)CC(O)c1cccs1.Cl. The molecule has 3 unspecified atom stereocenters. The van der Waals surface area contributed by atoms with Crippen molar-refractivity contribution < 1.29 is 9.90 Å². The number of hydrogen-bond donors (Lipinski definition) is 2. The molecule has 0 aliphatic carbocycles. The van der Waals surface area contributed by atoms with Crippen LogP contribution < -0.4 is 5.73 Å². The minimum Gasteiger partial charge on any atom is -0.386 e. The van der Waals surface area contributed by atoms with E-state index >= 15 is 0 Å². The molecule has 0 saturated carbocycles. The van der Waals surface area contributed by atoms with Crippen molar-refractivity contribution in [2.24, 2.45) is 11.7 Å². The van der Waals surface area contributed by atoms with Crippen LogP contribution in [0.1, 0.15) is 30.4 Å². The smallest absolute Gasteiger partial charge is 0.227 e. The minimum atomic E-state index is -0.678. The van der Waals surface area contributed by atoms with Crippen molar-refractivity contribution in [3.05, 3.63) is 58.3 Å². The molecule has 0 radical (unpaired) electrons. The second-order valence-electron chi connectivity index (χ2n) is 5.88. The third-order valence-electron chi connectivity index (χ3n) is 3.97. The van der Waals surface area contributed by atoms with Crippen LogP contribution >= 0.6 is 23.7 Å². The number of nitrogens with two attached hydrogens (primary N) is 1. The summed E-state index contributed by atoms with van der Waals surface area (Å²) in [5, 5.41) is 12.3. The molecule has 2 rings (SSSR count). The topological polar surface area (TPSA) is 66.6 Å². The summed E-state index contributed by atoms with van der Waals surface area (Å²) in [7, 11) is 0. The predicted molar refractivity (Wildman–Crippen MR) is 101 cm³/mol. The maximum absolute atomic E-state index is 12.7. The summed E-state index contributed by atoms with van der Waals surface area (Å²) >= 11 is 1.49. The Morgan fingerprint density at radius 2 is 1.88 bits per heavy atom. The molecule has 0 fully saturated rings. The normalized spacial score (nSPS) is 14.3. The molecule has 0 aliphatic rings. The number of nitrogens with zero attached hydrogens (tertiary/aromatic N) is 1. The van der Waals surface area contributed by atoms with Crippen molar-refractivity contribution in [1.29, 1.82) is 0 Å². The van der Waals surface area contributed by atoms with Crippen molar-refractivity contribution in [2.75, 3.05) is 6.54 Å². The monoisotopic (exact) mass is 368 g/mol. The molecule has 6 heteroatoms. The first kappa shape index (κ1) is 20.6. The lowest BCUT2D eigenvalue weighted by Gasteiger charge is -2.29. The van der Waals surface area contributed by atoms with Gasteiger partial charge in [0.05, 0.1) is 12.5 Å². The summed E-state index contributed by atoms with van der Waals surface area (Å²) < 4.78 is 0. The van der Waals surface area contributed by atoms with Gasteiger partial charge in [-0.3, -0.25) is 4.79 Å². The van der Waals surface area contributed by atoms with Gasteiger partial charge in [0.25, 0.3) is 0 Å². The number of benzene rings is 1. The number of carbonyl (C=O) groups is 1. The maximum atomic E-state index is 12.7. The number of aliphatic hydroxyl groups is 1. The molecule has 132 valence electrons. The standard InChI is InChI=1S/C18H24N2O2S.ClH/c1-13(14(2)19)18(22)20(11-15-7-4-3-5-8-15)12-16(21)17-9-6-10-23-17;/h3-10,13-14,16,21H,11-12,19H2,1-2H3;1H. The number of hydrogen-bond acceptors (Lipinski definition) is 4. The van der Waals surface area contributed by atoms with Crippen molar-refractivity contribution in [3.63, 3.8) is 0 Å². The van der Waals surface area contributed by atoms with Gasteiger partial charge in [0.2, 0.25) is 5.91 Å². The molecule has 2 aromatic rings. The van der Waals surface area contributed by atoms with Gasteiger partial charge in [0.1, 0.15) is 6.10 Å². The average molecular weight is 369 g/mol. The number of rotatable bonds is 7.